The lowest BCUT2D eigenvalue weighted by atomic mass is 9.80. The first-order chi connectivity index (χ1) is 7.99. The monoisotopic (exact) mass is 236 g/mol. The molecule has 5 heteroatoms. The third-order valence-electron chi connectivity index (χ3n) is 2.66. The molecule has 1 aromatic carbocycles. The Bertz CT molecular complexity index is 328. The van der Waals surface area contributed by atoms with Gasteiger partial charge in [-0.15, -0.1) is 0 Å². The number of hydrogen-bond donors (Lipinski definition) is 2. The van der Waals surface area contributed by atoms with Crippen LogP contribution in [-0.2, 0) is 6.54 Å². The number of benzene rings is 1. The summed E-state index contributed by atoms with van der Waals surface area (Å²) in [6.45, 7) is 2.91. The average Bonchev–Trinajstić information content (AvgIpc) is 2.27. The predicted octanol–water partition coefficient (Wildman–Crippen LogP) is -0.640. The Kier molecular flexibility index (Phi) is 5.64. The smallest absolute Gasteiger partial charge is 0.423 e. The molecular formula is C12H21BN2O2. The van der Waals surface area contributed by atoms with Crippen LogP contribution in [0.3, 0.4) is 0 Å². The lowest BCUT2D eigenvalue weighted by Gasteiger charge is -2.19. The summed E-state index contributed by atoms with van der Waals surface area (Å²) in [5.74, 6) is 0. The van der Waals surface area contributed by atoms with Gasteiger partial charge in [-0.1, -0.05) is 24.3 Å². The zero-order chi connectivity index (χ0) is 12.8. The Labute approximate surface area is 104 Å². The Hall–Kier alpha value is -0.875. The van der Waals surface area contributed by atoms with Crippen LogP contribution in [0.5, 0.6) is 0 Å². The van der Waals surface area contributed by atoms with Gasteiger partial charge in [0, 0.05) is 19.6 Å². The molecule has 0 atom stereocenters. The van der Waals surface area contributed by atoms with E-state index < -0.39 is 7.12 Å². The molecule has 1 rings (SSSR count). The first-order valence-electron chi connectivity index (χ1n) is 5.77. The Morgan fingerprint density at radius 1 is 1.00 bits per heavy atom. The van der Waals surface area contributed by atoms with E-state index in [0.717, 1.165) is 19.6 Å². The fourth-order valence-corrected chi connectivity index (χ4v) is 1.56. The number of rotatable bonds is 6. The summed E-state index contributed by atoms with van der Waals surface area (Å²) in [7, 11) is 4.82. The molecule has 0 spiro atoms. The molecule has 0 saturated heterocycles. The molecule has 2 N–H and O–H groups in total. The van der Waals surface area contributed by atoms with E-state index in [0.29, 0.717) is 5.46 Å². The van der Waals surface area contributed by atoms with Gasteiger partial charge in [-0.25, -0.2) is 0 Å². The Morgan fingerprint density at radius 3 is 2.06 bits per heavy atom. The van der Waals surface area contributed by atoms with Crippen LogP contribution in [0.25, 0.3) is 0 Å². The topological polar surface area (TPSA) is 46.9 Å². The van der Waals surface area contributed by atoms with Gasteiger partial charge < -0.3 is 19.8 Å². The van der Waals surface area contributed by atoms with Gasteiger partial charge in [0.25, 0.3) is 0 Å². The van der Waals surface area contributed by atoms with Gasteiger partial charge in [0.15, 0.2) is 0 Å². The third kappa shape index (κ3) is 5.32. The van der Waals surface area contributed by atoms with E-state index in [-0.39, 0.29) is 0 Å². The summed E-state index contributed by atoms with van der Waals surface area (Å²) < 4.78 is 0. The molecule has 0 radical (unpaired) electrons. The lowest BCUT2D eigenvalue weighted by molar-refractivity contribution is 0.276. The van der Waals surface area contributed by atoms with Gasteiger partial charge in [0.2, 0.25) is 0 Å². The van der Waals surface area contributed by atoms with Crippen molar-refractivity contribution in [2.45, 2.75) is 6.54 Å². The van der Waals surface area contributed by atoms with E-state index in [2.05, 4.69) is 30.9 Å². The summed E-state index contributed by atoms with van der Waals surface area (Å²) >= 11 is 0. The second-order valence-corrected chi connectivity index (χ2v) is 4.66. The lowest BCUT2D eigenvalue weighted by Crippen LogP contribution is -2.30. The van der Waals surface area contributed by atoms with Gasteiger partial charge >= 0.3 is 7.12 Å². The van der Waals surface area contributed by atoms with Crippen molar-refractivity contribution in [1.29, 1.82) is 0 Å². The second kappa shape index (κ2) is 6.76. The molecular weight excluding hydrogens is 215 g/mol. The largest absolute Gasteiger partial charge is 0.488 e. The van der Waals surface area contributed by atoms with Crippen molar-refractivity contribution < 1.29 is 10.0 Å². The number of likely N-dealkylation sites (N-methyl/N-ethyl adjacent to an activating group) is 2. The van der Waals surface area contributed by atoms with E-state index >= 15 is 0 Å². The van der Waals surface area contributed by atoms with Crippen LogP contribution in [-0.4, -0.2) is 61.2 Å². The van der Waals surface area contributed by atoms with Crippen LogP contribution in [0.2, 0.25) is 0 Å². The SMILES string of the molecule is CN(C)CCN(C)Cc1ccc(B(O)O)cc1. The molecule has 0 aromatic heterocycles. The second-order valence-electron chi connectivity index (χ2n) is 4.66. The fourth-order valence-electron chi connectivity index (χ4n) is 1.56. The van der Waals surface area contributed by atoms with Crippen LogP contribution >= 0.6 is 0 Å². The zero-order valence-electron chi connectivity index (χ0n) is 10.8. The Morgan fingerprint density at radius 2 is 1.59 bits per heavy atom. The zero-order valence-corrected chi connectivity index (χ0v) is 10.8. The quantitative estimate of drug-likeness (QED) is 0.645. The van der Waals surface area contributed by atoms with Crippen LogP contribution in [0.15, 0.2) is 24.3 Å². The number of nitrogens with zero attached hydrogens (tertiary/aromatic N) is 2. The molecule has 1 aromatic rings. The van der Waals surface area contributed by atoms with Crippen molar-refractivity contribution >= 4 is 12.6 Å². The predicted molar refractivity (Wildman–Crippen MR) is 71.2 cm³/mol. The van der Waals surface area contributed by atoms with Crippen LogP contribution in [0.4, 0.5) is 0 Å². The Balaban J connectivity index is 2.45. The summed E-state index contributed by atoms with van der Waals surface area (Å²) in [4.78, 5) is 4.39. The van der Waals surface area contributed by atoms with Gasteiger partial charge in [-0.3, -0.25) is 0 Å². The van der Waals surface area contributed by atoms with Gasteiger partial charge in [-0.05, 0) is 32.2 Å². The normalized spacial score (nSPS) is 11.2. The van der Waals surface area contributed by atoms with E-state index in [1.54, 1.807) is 12.1 Å². The van der Waals surface area contributed by atoms with Gasteiger partial charge in [0.05, 0.1) is 0 Å². The minimum atomic E-state index is -1.38. The first kappa shape index (κ1) is 14.2. The molecule has 0 aliphatic carbocycles. The summed E-state index contributed by atoms with van der Waals surface area (Å²) in [5, 5.41) is 18.0. The summed E-state index contributed by atoms with van der Waals surface area (Å²) in [6.07, 6.45) is 0. The highest BCUT2D eigenvalue weighted by atomic mass is 16.4. The molecule has 0 amide bonds. The number of hydrogen-bond acceptors (Lipinski definition) is 4. The minimum absolute atomic E-state index is 0.532. The molecule has 4 nitrogen and oxygen atoms in total. The molecule has 0 fully saturated rings. The molecule has 0 bridgehead atoms. The van der Waals surface area contributed by atoms with Gasteiger partial charge in [-0.2, -0.15) is 0 Å². The maximum atomic E-state index is 8.98. The van der Waals surface area contributed by atoms with Crippen molar-refractivity contribution in [2.75, 3.05) is 34.2 Å². The van der Waals surface area contributed by atoms with Crippen molar-refractivity contribution in [3.8, 4) is 0 Å². The maximum Gasteiger partial charge on any atom is 0.488 e. The van der Waals surface area contributed by atoms with E-state index in [1.807, 2.05) is 12.1 Å². The van der Waals surface area contributed by atoms with Crippen molar-refractivity contribution in [1.82, 2.24) is 9.80 Å². The van der Waals surface area contributed by atoms with E-state index in [4.69, 9.17) is 10.0 Å². The average molecular weight is 236 g/mol. The first-order valence-corrected chi connectivity index (χ1v) is 5.77. The summed E-state index contributed by atoms with van der Waals surface area (Å²) in [5.41, 5.74) is 1.71. The van der Waals surface area contributed by atoms with Crippen LogP contribution in [0, 0.1) is 0 Å². The highest BCUT2D eigenvalue weighted by Crippen LogP contribution is 2.01. The molecule has 17 heavy (non-hydrogen) atoms. The van der Waals surface area contributed by atoms with Gasteiger partial charge in [0.1, 0.15) is 0 Å². The summed E-state index contributed by atoms with van der Waals surface area (Å²) in [6, 6.07) is 7.36. The van der Waals surface area contributed by atoms with E-state index in [9.17, 15) is 0 Å². The van der Waals surface area contributed by atoms with Crippen LogP contribution < -0.4 is 5.46 Å². The highest BCUT2D eigenvalue weighted by molar-refractivity contribution is 6.58. The van der Waals surface area contributed by atoms with Crippen molar-refractivity contribution in [3.63, 3.8) is 0 Å². The maximum absolute atomic E-state index is 8.98. The van der Waals surface area contributed by atoms with E-state index in [1.165, 1.54) is 5.56 Å². The van der Waals surface area contributed by atoms with Crippen molar-refractivity contribution in [2.24, 2.45) is 0 Å². The standard InChI is InChI=1S/C12H21BN2O2/c1-14(2)8-9-15(3)10-11-4-6-12(7-5-11)13(16)17/h4-7,16-17H,8-10H2,1-3H3. The minimum Gasteiger partial charge on any atom is -0.423 e. The van der Waals surface area contributed by atoms with Crippen LogP contribution in [0.1, 0.15) is 5.56 Å². The molecule has 94 valence electrons. The molecule has 0 aliphatic heterocycles. The third-order valence-corrected chi connectivity index (χ3v) is 2.66. The molecule has 0 unspecified atom stereocenters. The molecule has 0 saturated carbocycles. The highest BCUT2D eigenvalue weighted by Gasteiger charge is 2.10. The van der Waals surface area contributed by atoms with Crippen molar-refractivity contribution in [3.05, 3.63) is 29.8 Å². The molecule has 0 heterocycles. The fraction of sp³-hybridized carbons (Fsp3) is 0.500. The molecule has 0 aliphatic rings.